The number of benzene rings is 2. The van der Waals surface area contributed by atoms with Crippen LogP contribution in [0.4, 0.5) is 32.6 Å². The lowest BCUT2D eigenvalue weighted by Crippen LogP contribution is -2.56. The van der Waals surface area contributed by atoms with Gasteiger partial charge >= 0.3 is 12.1 Å². The summed E-state index contributed by atoms with van der Waals surface area (Å²) in [4.78, 5) is 110. The minimum atomic E-state index is -0.791. The number of piperazine rings is 1. The number of piperidine rings is 3. The average molecular weight is 1070 g/mol. The molecule has 414 valence electrons. The second kappa shape index (κ2) is 22.7. The summed E-state index contributed by atoms with van der Waals surface area (Å²) in [6.45, 7) is 18.5. The van der Waals surface area contributed by atoms with E-state index in [1.807, 2.05) is 84.9 Å². The van der Waals surface area contributed by atoms with E-state index in [2.05, 4.69) is 31.2 Å². The van der Waals surface area contributed by atoms with E-state index in [1.165, 1.54) is 4.90 Å². The molecule has 20 nitrogen and oxygen atoms in total. The molecule has 78 heavy (non-hydrogen) atoms. The Bertz CT molecular complexity index is 2930. The molecule has 5 aliphatic heterocycles. The molecule has 20 heteroatoms. The molecule has 0 bridgehead atoms. The third-order valence-corrected chi connectivity index (χ3v) is 15.4. The fraction of sp³-hybridized carbons (Fsp3) is 0.500. The van der Waals surface area contributed by atoms with Gasteiger partial charge in [0, 0.05) is 81.8 Å². The van der Waals surface area contributed by atoms with Crippen molar-refractivity contribution in [3.8, 4) is 16.9 Å². The molecule has 4 saturated heterocycles. The number of rotatable bonds is 12. The van der Waals surface area contributed by atoms with Crippen LogP contribution < -0.4 is 30.9 Å². The lowest BCUT2D eigenvalue weighted by atomic mass is 9.71. The number of aryl methyl sites for hydroxylation is 1. The minimum absolute atomic E-state index is 0.0677. The van der Waals surface area contributed by atoms with Crippen LogP contribution in [0.25, 0.3) is 11.1 Å². The largest absolute Gasteiger partial charge is 0.483 e. The summed E-state index contributed by atoms with van der Waals surface area (Å²) in [7, 11) is 0. The molecule has 1 spiro atoms. The van der Waals surface area contributed by atoms with E-state index < -0.39 is 29.7 Å². The molecule has 0 aliphatic carbocycles. The average Bonchev–Trinajstić information content (AvgIpc) is 3.77. The molecule has 0 saturated carbocycles. The standard InChI is InChI=1S/C58H73N11O9/c1-37-31-39(62-51(72)44(33-56(2,3)4)63-54(75)78-57(5,6)7)11-13-41(37)38-17-22-59-47(32-38)61-40-12-15-48(60-34-40)65-27-29-68(30-28-65)55(76)67-25-20-58(21-26-67)18-23-66(24-19-58)50(71)36-77-46-10-8-9-42-43(46)35-69(53(42)74)45-14-16-49(70)64-52(45)73/h8-13,15,17,22,31-32,34,44-45H,14,16,18-21,23-30,33,35-36H2,1-7H3,(H,59,61)(H,62,72)(H,63,75)(H,64,70,73)/t44-,45?/m1/s1. The first kappa shape index (κ1) is 55.0. The zero-order valence-corrected chi connectivity index (χ0v) is 45.9. The van der Waals surface area contributed by atoms with Crippen molar-refractivity contribution in [2.24, 2.45) is 10.8 Å². The number of fused-ring (bicyclic) bond motifs is 1. The highest BCUT2D eigenvalue weighted by atomic mass is 16.6. The number of ether oxygens (including phenoxy) is 2. The van der Waals surface area contributed by atoms with Gasteiger partial charge in [-0.05, 0) is 142 Å². The topological polar surface area (TPSA) is 228 Å². The molecular weight excluding hydrogens is 995 g/mol. The maximum Gasteiger partial charge on any atom is 0.408 e. The smallest absolute Gasteiger partial charge is 0.408 e. The summed E-state index contributed by atoms with van der Waals surface area (Å²) in [5.74, 6) is 0.357. The van der Waals surface area contributed by atoms with Crippen LogP contribution in [0.5, 0.6) is 5.75 Å². The van der Waals surface area contributed by atoms with Crippen molar-refractivity contribution >= 4 is 64.7 Å². The highest BCUT2D eigenvalue weighted by molar-refractivity contribution is 6.05. The fourth-order valence-electron chi connectivity index (χ4n) is 11.2. The quantitative estimate of drug-likeness (QED) is 0.103. The molecule has 2 aromatic heterocycles. The number of aromatic nitrogens is 2. The van der Waals surface area contributed by atoms with Crippen LogP contribution in [0.3, 0.4) is 0 Å². The number of pyridine rings is 2. The van der Waals surface area contributed by atoms with Crippen LogP contribution in [0.15, 0.2) is 73.1 Å². The molecule has 5 aliphatic rings. The van der Waals surface area contributed by atoms with Gasteiger partial charge in [-0.2, -0.15) is 0 Å². The molecule has 1 unspecified atom stereocenters. The van der Waals surface area contributed by atoms with Crippen molar-refractivity contribution in [2.45, 2.75) is 118 Å². The number of nitrogens with one attached hydrogen (secondary N) is 4. The van der Waals surface area contributed by atoms with Crippen LogP contribution in [0, 0.1) is 17.8 Å². The second-order valence-corrected chi connectivity index (χ2v) is 23.5. The SMILES string of the molecule is Cc1cc(NC(=O)[C@@H](CC(C)(C)C)NC(=O)OC(C)(C)C)ccc1-c1ccnc(Nc2ccc(N3CCN(C(=O)N4CCC5(CCN(C(=O)COc6cccc7c6CN(C6CCC(=O)NC6=O)C7=O)CC5)CC4)CC3)nc2)c1. The van der Waals surface area contributed by atoms with E-state index in [0.717, 1.165) is 53.9 Å². The van der Waals surface area contributed by atoms with Gasteiger partial charge in [-0.1, -0.05) is 32.9 Å². The van der Waals surface area contributed by atoms with Crippen LogP contribution in [-0.2, 0) is 30.5 Å². The van der Waals surface area contributed by atoms with Gasteiger partial charge in [0.1, 0.15) is 35.1 Å². The lowest BCUT2D eigenvalue weighted by Gasteiger charge is -2.48. The van der Waals surface area contributed by atoms with E-state index in [4.69, 9.17) is 14.5 Å². The molecule has 4 fully saturated rings. The number of imide groups is 1. The number of anilines is 4. The van der Waals surface area contributed by atoms with Gasteiger partial charge < -0.3 is 49.9 Å². The Kier molecular flexibility index (Phi) is 16.0. The molecule has 4 aromatic rings. The van der Waals surface area contributed by atoms with Crippen molar-refractivity contribution in [1.82, 2.24) is 40.2 Å². The van der Waals surface area contributed by atoms with Gasteiger partial charge in [0.2, 0.25) is 17.7 Å². The van der Waals surface area contributed by atoms with Crippen molar-refractivity contribution in [2.75, 3.05) is 74.5 Å². The summed E-state index contributed by atoms with van der Waals surface area (Å²) in [6, 6.07) is 17.2. The second-order valence-electron chi connectivity index (χ2n) is 23.5. The van der Waals surface area contributed by atoms with Crippen LogP contribution in [0.2, 0.25) is 0 Å². The van der Waals surface area contributed by atoms with Gasteiger partial charge in [0.25, 0.3) is 11.8 Å². The first-order valence-electron chi connectivity index (χ1n) is 27.2. The maximum atomic E-state index is 13.8. The highest BCUT2D eigenvalue weighted by Gasteiger charge is 2.42. The van der Waals surface area contributed by atoms with E-state index in [0.29, 0.717) is 87.2 Å². The number of nitrogens with zero attached hydrogens (tertiary/aromatic N) is 7. The summed E-state index contributed by atoms with van der Waals surface area (Å²) >= 11 is 0. The number of amides is 8. The number of carbonyl (C=O) groups is 7. The summed E-state index contributed by atoms with van der Waals surface area (Å²) in [6.07, 6.45) is 7.24. The molecule has 2 atom stereocenters. The normalized spacial score (nSPS) is 19.0. The molecule has 8 amide bonds. The third-order valence-electron chi connectivity index (χ3n) is 15.4. The zero-order valence-electron chi connectivity index (χ0n) is 45.9. The number of hydrogen-bond donors (Lipinski definition) is 4. The van der Waals surface area contributed by atoms with Gasteiger partial charge in [-0.3, -0.25) is 29.3 Å². The number of hydrogen-bond acceptors (Lipinski definition) is 13. The van der Waals surface area contributed by atoms with Crippen LogP contribution >= 0.6 is 0 Å². The zero-order chi connectivity index (χ0) is 55.5. The number of alkyl carbamates (subject to hydrolysis) is 1. The molecule has 0 radical (unpaired) electrons. The third kappa shape index (κ3) is 13.1. The van der Waals surface area contributed by atoms with Crippen LogP contribution in [0.1, 0.15) is 108 Å². The van der Waals surface area contributed by atoms with E-state index >= 15 is 0 Å². The van der Waals surface area contributed by atoms with Crippen molar-refractivity contribution in [3.05, 3.63) is 89.7 Å². The number of likely N-dealkylation sites (tertiary alicyclic amines) is 2. The van der Waals surface area contributed by atoms with Crippen molar-refractivity contribution < 1.29 is 43.0 Å². The monoisotopic (exact) mass is 1070 g/mol. The van der Waals surface area contributed by atoms with Crippen molar-refractivity contribution in [3.63, 3.8) is 0 Å². The lowest BCUT2D eigenvalue weighted by molar-refractivity contribution is -0.137. The maximum absolute atomic E-state index is 13.8. The fourth-order valence-corrected chi connectivity index (χ4v) is 11.2. The molecular formula is C58H73N11O9. The predicted octanol–water partition coefficient (Wildman–Crippen LogP) is 7.25. The van der Waals surface area contributed by atoms with E-state index in [-0.39, 0.29) is 66.5 Å². The Morgan fingerprint density at radius 1 is 0.795 bits per heavy atom. The number of urea groups is 1. The first-order valence-corrected chi connectivity index (χ1v) is 27.2. The first-order chi connectivity index (χ1) is 37.1. The Hall–Kier alpha value is -7.77. The molecule has 4 N–H and O–H groups in total. The number of carbonyl (C=O) groups excluding carboxylic acids is 7. The minimum Gasteiger partial charge on any atom is -0.483 e. The summed E-state index contributed by atoms with van der Waals surface area (Å²) in [5.41, 5.74) is 4.48. The summed E-state index contributed by atoms with van der Waals surface area (Å²) in [5, 5.41) is 11.4. The van der Waals surface area contributed by atoms with Crippen LogP contribution in [-0.4, -0.2) is 148 Å². The highest BCUT2D eigenvalue weighted by Crippen LogP contribution is 2.42. The van der Waals surface area contributed by atoms with Gasteiger partial charge in [-0.15, -0.1) is 0 Å². The Morgan fingerprint density at radius 3 is 2.14 bits per heavy atom. The molecule has 9 rings (SSSR count). The van der Waals surface area contributed by atoms with Gasteiger partial charge in [-0.25, -0.2) is 19.6 Å². The molecule has 2 aromatic carbocycles. The Labute approximate surface area is 456 Å². The van der Waals surface area contributed by atoms with Crippen molar-refractivity contribution in [1.29, 1.82) is 0 Å². The van der Waals surface area contributed by atoms with Gasteiger partial charge in [0.05, 0.1) is 18.4 Å². The van der Waals surface area contributed by atoms with E-state index in [9.17, 15) is 33.6 Å². The predicted molar refractivity (Wildman–Crippen MR) is 294 cm³/mol. The Morgan fingerprint density at radius 2 is 1.49 bits per heavy atom. The Balaban J connectivity index is 0.699. The van der Waals surface area contributed by atoms with Gasteiger partial charge in [0.15, 0.2) is 6.61 Å². The molecule has 7 heterocycles. The summed E-state index contributed by atoms with van der Waals surface area (Å²) < 4.78 is 11.5. The van der Waals surface area contributed by atoms with E-state index in [1.54, 1.807) is 51.4 Å².